The predicted octanol–water partition coefficient (Wildman–Crippen LogP) is -0.743. The van der Waals surface area contributed by atoms with Crippen LogP contribution in [0.15, 0.2) is 12.4 Å². The van der Waals surface area contributed by atoms with Crippen molar-refractivity contribution in [1.29, 1.82) is 0 Å². The Labute approximate surface area is 98.6 Å². The molecule has 0 fully saturated rings. The van der Waals surface area contributed by atoms with Gasteiger partial charge < -0.3 is 16.2 Å². The molecule has 2 unspecified atom stereocenters. The molecular formula is C10H16N4O3. The molecule has 0 aromatic carbocycles. The number of carbonyl (C=O) groups excluding carboxylic acids is 1. The molecule has 1 amide bonds. The van der Waals surface area contributed by atoms with E-state index in [0.29, 0.717) is 5.56 Å². The second kappa shape index (κ2) is 5.44. The van der Waals surface area contributed by atoms with Gasteiger partial charge in [-0.3, -0.25) is 9.48 Å². The highest BCUT2D eigenvalue weighted by Crippen LogP contribution is 2.12. The Morgan fingerprint density at radius 1 is 1.65 bits per heavy atom. The summed E-state index contributed by atoms with van der Waals surface area (Å²) in [6.07, 6.45) is 2.96. The normalized spacial score (nSPS) is 14.1. The SMILES string of the molecule is CC(CN)C(=O)NC(C(=O)O)c1cnn(C)c1. The maximum absolute atomic E-state index is 11.6. The minimum absolute atomic E-state index is 0.172. The summed E-state index contributed by atoms with van der Waals surface area (Å²) in [6, 6.07) is -1.09. The van der Waals surface area contributed by atoms with Gasteiger partial charge in [0, 0.05) is 31.3 Å². The van der Waals surface area contributed by atoms with Gasteiger partial charge in [-0.1, -0.05) is 6.92 Å². The van der Waals surface area contributed by atoms with Gasteiger partial charge in [0.15, 0.2) is 6.04 Å². The van der Waals surface area contributed by atoms with Crippen molar-refractivity contribution in [3.05, 3.63) is 18.0 Å². The number of carboxylic acid groups (broad SMARTS) is 1. The Morgan fingerprint density at radius 2 is 2.29 bits per heavy atom. The average Bonchev–Trinajstić information content (AvgIpc) is 2.70. The lowest BCUT2D eigenvalue weighted by molar-refractivity contribution is -0.142. The largest absolute Gasteiger partial charge is 0.479 e. The Morgan fingerprint density at radius 3 is 2.71 bits per heavy atom. The number of nitrogens with one attached hydrogen (secondary N) is 1. The Balaban J connectivity index is 2.81. The highest BCUT2D eigenvalue weighted by Gasteiger charge is 2.25. The fourth-order valence-corrected chi connectivity index (χ4v) is 1.27. The number of carbonyl (C=O) groups is 2. The third kappa shape index (κ3) is 3.28. The number of hydrogen-bond donors (Lipinski definition) is 3. The minimum Gasteiger partial charge on any atom is -0.479 e. The molecule has 0 aliphatic carbocycles. The lowest BCUT2D eigenvalue weighted by atomic mass is 10.1. The molecule has 0 aliphatic heterocycles. The first kappa shape index (κ1) is 13.2. The monoisotopic (exact) mass is 240 g/mol. The van der Waals surface area contributed by atoms with Crippen LogP contribution in [0, 0.1) is 5.92 Å². The lowest BCUT2D eigenvalue weighted by Crippen LogP contribution is -2.39. The molecule has 17 heavy (non-hydrogen) atoms. The molecule has 1 aromatic rings. The topological polar surface area (TPSA) is 110 Å². The highest BCUT2D eigenvalue weighted by molar-refractivity contribution is 5.85. The summed E-state index contributed by atoms with van der Waals surface area (Å²) in [4.78, 5) is 22.7. The molecule has 1 aromatic heterocycles. The van der Waals surface area contributed by atoms with Crippen LogP contribution in [0.1, 0.15) is 18.5 Å². The summed E-state index contributed by atoms with van der Waals surface area (Å²) in [6.45, 7) is 1.81. The second-order valence-electron chi connectivity index (χ2n) is 3.86. The molecule has 0 aliphatic rings. The smallest absolute Gasteiger partial charge is 0.331 e. The Hall–Kier alpha value is -1.89. The molecule has 7 heteroatoms. The molecule has 0 saturated carbocycles. The molecule has 0 saturated heterocycles. The third-order valence-corrected chi connectivity index (χ3v) is 2.39. The van der Waals surface area contributed by atoms with E-state index in [2.05, 4.69) is 10.4 Å². The van der Waals surface area contributed by atoms with Gasteiger partial charge in [0.25, 0.3) is 0 Å². The third-order valence-electron chi connectivity index (χ3n) is 2.39. The average molecular weight is 240 g/mol. The number of nitrogens with two attached hydrogens (primary N) is 1. The second-order valence-corrected chi connectivity index (χ2v) is 3.86. The van der Waals surface area contributed by atoms with E-state index >= 15 is 0 Å². The maximum Gasteiger partial charge on any atom is 0.331 e. The number of amides is 1. The zero-order valence-corrected chi connectivity index (χ0v) is 9.75. The van der Waals surface area contributed by atoms with Crippen LogP contribution in [0.5, 0.6) is 0 Å². The first-order valence-corrected chi connectivity index (χ1v) is 5.17. The summed E-state index contributed by atoms with van der Waals surface area (Å²) in [5, 5.41) is 15.4. The van der Waals surface area contributed by atoms with E-state index in [1.807, 2.05) is 0 Å². The number of aryl methyl sites for hydroxylation is 1. The van der Waals surface area contributed by atoms with Crippen LogP contribution in [0.25, 0.3) is 0 Å². The van der Waals surface area contributed by atoms with Crippen LogP contribution < -0.4 is 11.1 Å². The van der Waals surface area contributed by atoms with Crippen molar-refractivity contribution in [3.8, 4) is 0 Å². The molecule has 1 rings (SSSR count). The van der Waals surface area contributed by atoms with Gasteiger partial charge in [-0.05, 0) is 0 Å². The van der Waals surface area contributed by atoms with Crippen molar-refractivity contribution in [2.24, 2.45) is 18.7 Å². The van der Waals surface area contributed by atoms with Crippen LogP contribution in [0.2, 0.25) is 0 Å². The predicted molar refractivity (Wildman–Crippen MR) is 59.9 cm³/mol. The molecule has 0 radical (unpaired) electrons. The number of aliphatic carboxylic acids is 1. The fraction of sp³-hybridized carbons (Fsp3) is 0.500. The lowest BCUT2D eigenvalue weighted by Gasteiger charge is -2.15. The Bertz CT molecular complexity index is 415. The van der Waals surface area contributed by atoms with Crippen LogP contribution in [0.4, 0.5) is 0 Å². The van der Waals surface area contributed by atoms with E-state index in [-0.39, 0.29) is 12.5 Å². The van der Waals surface area contributed by atoms with E-state index in [0.717, 1.165) is 0 Å². The van der Waals surface area contributed by atoms with Crippen molar-refractivity contribution >= 4 is 11.9 Å². The van der Waals surface area contributed by atoms with Gasteiger partial charge >= 0.3 is 5.97 Å². The Kier molecular flexibility index (Phi) is 4.22. The summed E-state index contributed by atoms with van der Waals surface area (Å²) in [5.41, 5.74) is 5.77. The summed E-state index contributed by atoms with van der Waals surface area (Å²) in [5.74, 6) is -1.94. The van der Waals surface area contributed by atoms with Crippen LogP contribution in [-0.2, 0) is 16.6 Å². The minimum atomic E-state index is -1.13. The maximum atomic E-state index is 11.6. The molecule has 94 valence electrons. The molecule has 7 nitrogen and oxygen atoms in total. The molecule has 0 spiro atoms. The summed E-state index contributed by atoms with van der Waals surface area (Å²) < 4.78 is 1.48. The number of nitrogens with zero attached hydrogens (tertiary/aromatic N) is 2. The van der Waals surface area contributed by atoms with Gasteiger partial charge in [0.2, 0.25) is 5.91 Å². The zero-order chi connectivity index (χ0) is 13.0. The zero-order valence-electron chi connectivity index (χ0n) is 9.75. The first-order valence-electron chi connectivity index (χ1n) is 5.17. The number of hydrogen-bond acceptors (Lipinski definition) is 4. The quantitative estimate of drug-likeness (QED) is 0.627. The van der Waals surface area contributed by atoms with Gasteiger partial charge in [-0.2, -0.15) is 5.10 Å². The van der Waals surface area contributed by atoms with Crippen LogP contribution in [-0.4, -0.2) is 33.3 Å². The number of rotatable bonds is 5. The number of carboxylic acids is 1. The van der Waals surface area contributed by atoms with Crippen molar-refractivity contribution in [2.75, 3.05) is 6.54 Å². The van der Waals surface area contributed by atoms with Crippen molar-refractivity contribution in [3.63, 3.8) is 0 Å². The summed E-state index contributed by atoms with van der Waals surface area (Å²) in [7, 11) is 1.67. The first-order chi connectivity index (χ1) is 7.95. The van der Waals surface area contributed by atoms with E-state index in [1.54, 1.807) is 20.2 Å². The molecule has 1 heterocycles. The molecule has 4 N–H and O–H groups in total. The van der Waals surface area contributed by atoms with E-state index < -0.39 is 17.9 Å². The molecular weight excluding hydrogens is 224 g/mol. The van der Waals surface area contributed by atoms with Crippen molar-refractivity contribution in [2.45, 2.75) is 13.0 Å². The molecule has 2 atom stereocenters. The van der Waals surface area contributed by atoms with Crippen molar-refractivity contribution < 1.29 is 14.7 Å². The van der Waals surface area contributed by atoms with Crippen LogP contribution in [0.3, 0.4) is 0 Å². The van der Waals surface area contributed by atoms with E-state index in [4.69, 9.17) is 10.8 Å². The van der Waals surface area contributed by atoms with Gasteiger partial charge in [0.1, 0.15) is 0 Å². The van der Waals surface area contributed by atoms with E-state index in [1.165, 1.54) is 10.9 Å². The van der Waals surface area contributed by atoms with E-state index in [9.17, 15) is 9.59 Å². The molecule has 0 bridgehead atoms. The van der Waals surface area contributed by atoms with Crippen LogP contribution >= 0.6 is 0 Å². The van der Waals surface area contributed by atoms with Gasteiger partial charge in [-0.25, -0.2) is 4.79 Å². The standard InChI is InChI=1S/C10H16N4O3/c1-6(3-11)9(15)13-8(10(16)17)7-4-12-14(2)5-7/h4-6,8H,3,11H2,1-2H3,(H,13,15)(H,16,17). The van der Waals surface area contributed by atoms with Crippen molar-refractivity contribution in [1.82, 2.24) is 15.1 Å². The van der Waals surface area contributed by atoms with Gasteiger partial charge in [0.05, 0.1) is 6.20 Å². The number of aromatic nitrogens is 2. The van der Waals surface area contributed by atoms with Gasteiger partial charge in [-0.15, -0.1) is 0 Å². The fourth-order valence-electron chi connectivity index (χ4n) is 1.27. The summed E-state index contributed by atoms with van der Waals surface area (Å²) >= 11 is 0. The highest BCUT2D eigenvalue weighted by atomic mass is 16.4.